The molecule has 0 saturated carbocycles. The maximum atomic E-state index is 13.0. The van der Waals surface area contributed by atoms with E-state index in [4.69, 9.17) is 4.74 Å². The zero-order chi connectivity index (χ0) is 21.8. The fraction of sp³-hybridized carbons (Fsp3) is 0.375. The van der Waals surface area contributed by atoms with Crippen molar-refractivity contribution in [3.63, 3.8) is 0 Å². The van der Waals surface area contributed by atoms with Gasteiger partial charge in [0.25, 0.3) is 5.91 Å². The molecule has 31 heavy (non-hydrogen) atoms. The number of carbonyl (C=O) groups is 2. The Bertz CT molecular complexity index is 995. The van der Waals surface area contributed by atoms with Gasteiger partial charge < -0.3 is 15.0 Å². The van der Waals surface area contributed by atoms with E-state index in [2.05, 4.69) is 22.4 Å². The Morgan fingerprint density at radius 1 is 1.19 bits per heavy atom. The molecule has 162 valence electrons. The fourth-order valence-electron chi connectivity index (χ4n) is 4.48. The minimum Gasteiger partial charge on any atom is -0.383 e. The Morgan fingerprint density at radius 2 is 1.97 bits per heavy atom. The van der Waals surface area contributed by atoms with Crippen LogP contribution in [-0.4, -0.2) is 55.0 Å². The van der Waals surface area contributed by atoms with Crippen LogP contribution in [0.2, 0.25) is 0 Å². The Morgan fingerprint density at radius 3 is 2.68 bits per heavy atom. The van der Waals surface area contributed by atoms with Gasteiger partial charge in [-0.25, -0.2) is 4.39 Å². The van der Waals surface area contributed by atoms with Gasteiger partial charge in [-0.2, -0.15) is 0 Å². The van der Waals surface area contributed by atoms with E-state index in [1.807, 2.05) is 23.1 Å². The SMILES string of the molecule is COCCNC(=O)C1=CC2(CCN(C(=O)Cc3ccc(F)cn3)CC2)c2ccccc21. The van der Waals surface area contributed by atoms with Gasteiger partial charge in [0.2, 0.25) is 5.91 Å². The van der Waals surface area contributed by atoms with Crippen molar-refractivity contribution in [2.24, 2.45) is 0 Å². The Labute approximate surface area is 181 Å². The lowest BCUT2D eigenvalue weighted by Crippen LogP contribution is -2.44. The van der Waals surface area contributed by atoms with E-state index in [1.54, 1.807) is 13.2 Å². The molecule has 1 saturated heterocycles. The van der Waals surface area contributed by atoms with E-state index in [-0.39, 0.29) is 23.7 Å². The predicted octanol–water partition coefficient (Wildman–Crippen LogP) is 2.48. The summed E-state index contributed by atoms with van der Waals surface area (Å²) >= 11 is 0. The summed E-state index contributed by atoms with van der Waals surface area (Å²) in [6, 6.07) is 10.9. The van der Waals surface area contributed by atoms with Crippen molar-refractivity contribution >= 4 is 17.4 Å². The molecule has 7 heteroatoms. The second kappa shape index (κ2) is 8.98. The van der Waals surface area contributed by atoms with Crippen molar-refractivity contribution in [3.05, 3.63) is 71.3 Å². The van der Waals surface area contributed by atoms with Crippen molar-refractivity contribution in [1.29, 1.82) is 0 Å². The minimum atomic E-state index is -0.412. The number of benzene rings is 1. The van der Waals surface area contributed by atoms with Crippen LogP contribution in [0.4, 0.5) is 4.39 Å². The highest BCUT2D eigenvalue weighted by Crippen LogP contribution is 2.47. The van der Waals surface area contributed by atoms with Gasteiger partial charge in [0.15, 0.2) is 0 Å². The maximum absolute atomic E-state index is 13.0. The van der Waals surface area contributed by atoms with Gasteiger partial charge in [-0.05, 0) is 36.1 Å². The molecule has 1 aliphatic carbocycles. The van der Waals surface area contributed by atoms with Crippen molar-refractivity contribution < 1.29 is 18.7 Å². The number of piperidine rings is 1. The summed E-state index contributed by atoms with van der Waals surface area (Å²) in [5.41, 5.74) is 3.14. The average Bonchev–Trinajstić information content (AvgIpc) is 3.10. The number of allylic oxidation sites excluding steroid dienone is 1. The number of amides is 2. The number of nitrogens with zero attached hydrogens (tertiary/aromatic N) is 2. The lowest BCUT2D eigenvalue weighted by atomic mass is 9.74. The minimum absolute atomic E-state index is 0.0123. The third-order valence-corrected chi connectivity index (χ3v) is 6.14. The number of halogens is 1. The van der Waals surface area contributed by atoms with Crippen LogP contribution in [0.1, 0.15) is 29.7 Å². The second-order valence-corrected chi connectivity index (χ2v) is 8.03. The van der Waals surface area contributed by atoms with Gasteiger partial charge in [0.05, 0.1) is 19.2 Å². The standard InChI is InChI=1S/C24H26FN3O3/c1-31-13-10-26-23(30)20-15-24(21-5-3-2-4-19(20)21)8-11-28(12-9-24)22(29)14-18-7-6-17(25)16-27-18/h2-7,15-16H,8-14H2,1H3,(H,26,30). The van der Waals surface area contributed by atoms with Crippen molar-refractivity contribution in [2.75, 3.05) is 33.4 Å². The van der Waals surface area contributed by atoms with Crippen molar-refractivity contribution in [1.82, 2.24) is 15.2 Å². The highest BCUT2D eigenvalue weighted by atomic mass is 19.1. The molecule has 1 N–H and O–H groups in total. The lowest BCUT2D eigenvalue weighted by molar-refractivity contribution is -0.132. The van der Waals surface area contributed by atoms with E-state index in [9.17, 15) is 14.0 Å². The monoisotopic (exact) mass is 423 g/mol. The normalized spacial score (nSPS) is 16.7. The van der Waals surface area contributed by atoms with Crippen LogP contribution in [0.5, 0.6) is 0 Å². The predicted molar refractivity (Wildman–Crippen MR) is 115 cm³/mol. The summed E-state index contributed by atoms with van der Waals surface area (Å²) in [6.45, 7) is 2.13. The number of rotatable bonds is 6. The van der Waals surface area contributed by atoms with E-state index in [0.29, 0.717) is 37.5 Å². The quantitative estimate of drug-likeness (QED) is 0.725. The molecule has 1 fully saturated rings. The first-order valence-electron chi connectivity index (χ1n) is 10.5. The molecule has 1 spiro atoms. The Balaban J connectivity index is 1.47. The summed E-state index contributed by atoms with van der Waals surface area (Å²) in [5, 5.41) is 2.92. The molecule has 0 bridgehead atoms. The number of fused-ring (bicyclic) bond motifs is 2. The number of hydrogen-bond donors (Lipinski definition) is 1. The van der Waals surface area contributed by atoms with E-state index in [0.717, 1.165) is 30.2 Å². The highest BCUT2D eigenvalue weighted by molar-refractivity contribution is 6.21. The summed E-state index contributed by atoms with van der Waals surface area (Å²) in [5.74, 6) is -0.520. The zero-order valence-corrected chi connectivity index (χ0v) is 17.6. The summed E-state index contributed by atoms with van der Waals surface area (Å²) in [7, 11) is 1.60. The van der Waals surface area contributed by atoms with Gasteiger partial charge in [-0.15, -0.1) is 0 Å². The first-order valence-corrected chi connectivity index (χ1v) is 10.5. The van der Waals surface area contributed by atoms with Crippen LogP contribution >= 0.6 is 0 Å². The number of hydrogen-bond acceptors (Lipinski definition) is 4. The smallest absolute Gasteiger partial charge is 0.251 e. The van der Waals surface area contributed by atoms with E-state index < -0.39 is 5.82 Å². The first-order chi connectivity index (χ1) is 15.0. The number of likely N-dealkylation sites (tertiary alicyclic amines) is 1. The molecule has 1 aromatic carbocycles. The molecule has 6 nitrogen and oxygen atoms in total. The lowest BCUT2D eigenvalue weighted by Gasteiger charge is -2.39. The molecule has 0 radical (unpaired) electrons. The van der Waals surface area contributed by atoms with E-state index in [1.165, 1.54) is 6.07 Å². The maximum Gasteiger partial charge on any atom is 0.251 e. The fourth-order valence-corrected chi connectivity index (χ4v) is 4.48. The van der Waals surface area contributed by atoms with Crippen LogP contribution in [0.15, 0.2) is 48.7 Å². The van der Waals surface area contributed by atoms with Crippen LogP contribution in [-0.2, 0) is 26.2 Å². The summed E-state index contributed by atoms with van der Waals surface area (Å²) in [6.07, 6.45) is 4.88. The number of pyridine rings is 1. The van der Waals surface area contributed by atoms with Crippen LogP contribution in [0, 0.1) is 5.82 Å². The molecule has 4 rings (SSSR count). The van der Waals surface area contributed by atoms with Gasteiger partial charge in [-0.3, -0.25) is 14.6 Å². The van der Waals surface area contributed by atoms with E-state index >= 15 is 0 Å². The largest absolute Gasteiger partial charge is 0.383 e. The summed E-state index contributed by atoms with van der Waals surface area (Å²) < 4.78 is 18.1. The molecule has 1 aliphatic heterocycles. The van der Waals surface area contributed by atoms with Gasteiger partial charge >= 0.3 is 0 Å². The molecule has 0 atom stereocenters. The Kier molecular flexibility index (Phi) is 6.13. The number of ether oxygens (including phenoxy) is 1. The van der Waals surface area contributed by atoms with Crippen LogP contribution in [0.25, 0.3) is 5.57 Å². The molecule has 0 unspecified atom stereocenters. The molecule has 2 amide bonds. The zero-order valence-electron chi connectivity index (χ0n) is 17.6. The third kappa shape index (κ3) is 4.37. The average molecular weight is 423 g/mol. The van der Waals surface area contributed by atoms with Crippen LogP contribution < -0.4 is 5.32 Å². The molecule has 2 aromatic rings. The summed E-state index contributed by atoms with van der Waals surface area (Å²) in [4.78, 5) is 31.3. The highest BCUT2D eigenvalue weighted by Gasteiger charge is 2.42. The Hall–Kier alpha value is -3.06. The molecular formula is C24H26FN3O3. The third-order valence-electron chi connectivity index (χ3n) is 6.14. The topological polar surface area (TPSA) is 71.5 Å². The van der Waals surface area contributed by atoms with Crippen molar-refractivity contribution in [2.45, 2.75) is 24.7 Å². The molecule has 2 heterocycles. The van der Waals surface area contributed by atoms with Gasteiger partial charge in [-0.1, -0.05) is 30.3 Å². The molecule has 2 aliphatic rings. The second-order valence-electron chi connectivity index (χ2n) is 8.03. The number of aromatic nitrogens is 1. The molecular weight excluding hydrogens is 397 g/mol. The van der Waals surface area contributed by atoms with Gasteiger partial charge in [0.1, 0.15) is 5.82 Å². The van der Waals surface area contributed by atoms with Crippen LogP contribution in [0.3, 0.4) is 0 Å². The van der Waals surface area contributed by atoms with Crippen molar-refractivity contribution in [3.8, 4) is 0 Å². The number of methoxy groups -OCH3 is 1. The molecule has 1 aromatic heterocycles. The number of carbonyl (C=O) groups excluding carboxylic acids is 2. The van der Waals surface area contributed by atoms with Gasteiger partial charge in [0, 0.05) is 43.4 Å². The number of nitrogens with one attached hydrogen (secondary N) is 1. The first kappa shape index (κ1) is 21.2.